The topological polar surface area (TPSA) is 23.1 Å². The fourth-order valence-corrected chi connectivity index (χ4v) is 2.33. The molecule has 0 saturated heterocycles. The molecule has 1 aromatic carbocycles. The Morgan fingerprint density at radius 1 is 1.40 bits per heavy atom. The molecule has 0 aliphatic rings. The number of aryl methyl sites for hydroxylation is 1. The number of halogens is 1. The Bertz CT molecular complexity index is 225. The molecule has 10 heavy (non-hydrogen) atoms. The van der Waals surface area contributed by atoms with E-state index in [1.165, 1.54) is 0 Å². The normalized spacial score (nSPS) is 13.1. The second kappa shape index (κ2) is 3.42. The van der Waals surface area contributed by atoms with Crippen molar-refractivity contribution in [3.8, 4) is 0 Å². The zero-order chi connectivity index (χ0) is 7.56. The highest BCUT2D eigenvalue weighted by molar-refractivity contribution is 9.47. The Morgan fingerprint density at radius 3 is 2.40 bits per heavy atom. The third-order valence-electron chi connectivity index (χ3n) is 1.27. The van der Waals surface area contributed by atoms with E-state index in [-0.39, 0.29) is 0 Å². The largest absolute Gasteiger partial charge is 0.601 e. The van der Waals surface area contributed by atoms with E-state index >= 15 is 0 Å². The van der Waals surface area contributed by atoms with Crippen LogP contribution in [0.2, 0.25) is 0 Å². The summed E-state index contributed by atoms with van der Waals surface area (Å²) in [5.41, 5.74) is 1.05. The molecule has 1 unspecified atom stereocenters. The van der Waals surface area contributed by atoms with Crippen LogP contribution in [0.4, 0.5) is 0 Å². The molecular formula is C7H7BrOS. The Hall–Kier alpha value is 0.01000. The molecule has 0 N–H and O–H groups in total. The summed E-state index contributed by atoms with van der Waals surface area (Å²) >= 11 is 3.01. The Morgan fingerprint density at radius 2 is 2.00 bits per heavy atom. The van der Waals surface area contributed by atoms with E-state index in [0.717, 1.165) is 10.5 Å². The van der Waals surface area contributed by atoms with Gasteiger partial charge in [-0.05, 0) is 13.0 Å². The first-order chi connectivity index (χ1) is 4.72. The summed E-state index contributed by atoms with van der Waals surface area (Å²) in [6.45, 7) is 1.94. The average Bonchev–Trinajstić information content (AvgIpc) is 1.88. The fraction of sp³-hybridized carbons (Fsp3) is 0.143. The second-order valence-electron chi connectivity index (χ2n) is 1.99. The van der Waals surface area contributed by atoms with E-state index in [4.69, 9.17) is 0 Å². The van der Waals surface area contributed by atoms with Crippen molar-refractivity contribution in [3.63, 3.8) is 0 Å². The number of rotatable bonds is 1. The van der Waals surface area contributed by atoms with E-state index in [0.29, 0.717) is 0 Å². The molecule has 1 rings (SSSR count). The highest BCUT2D eigenvalue weighted by atomic mass is 79.9. The van der Waals surface area contributed by atoms with E-state index < -0.39 is 9.61 Å². The quantitative estimate of drug-likeness (QED) is 0.665. The molecule has 0 fully saturated rings. The van der Waals surface area contributed by atoms with Crippen LogP contribution in [0.5, 0.6) is 0 Å². The Labute approximate surface area is 70.8 Å². The third kappa shape index (κ3) is 1.75. The van der Waals surface area contributed by atoms with Crippen molar-refractivity contribution in [1.82, 2.24) is 0 Å². The van der Waals surface area contributed by atoms with Gasteiger partial charge in [0.15, 0.2) is 4.90 Å². The summed E-state index contributed by atoms with van der Waals surface area (Å²) in [5.74, 6) is 0. The molecular weight excluding hydrogens is 212 g/mol. The van der Waals surface area contributed by atoms with E-state index in [2.05, 4.69) is 14.8 Å². The maximum absolute atomic E-state index is 10.9. The minimum atomic E-state index is -1.03. The lowest BCUT2D eigenvalue weighted by atomic mass is 10.2. The molecule has 1 aromatic rings. The zero-order valence-corrected chi connectivity index (χ0v) is 7.91. The SMILES string of the molecule is Cc1ccccc1[S+]([O-])Br. The van der Waals surface area contributed by atoms with E-state index in [9.17, 15) is 4.55 Å². The lowest BCUT2D eigenvalue weighted by Gasteiger charge is -2.02. The minimum absolute atomic E-state index is 0.850. The van der Waals surface area contributed by atoms with Crippen LogP contribution in [0.1, 0.15) is 5.56 Å². The van der Waals surface area contributed by atoms with Gasteiger partial charge in [-0.25, -0.2) is 0 Å². The summed E-state index contributed by atoms with van der Waals surface area (Å²) in [7, 11) is -1.03. The Kier molecular flexibility index (Phi) is 2.77. The molecule has 0 radical (unpaired) electrons. The van der Waals surface area contributed by atoms with Gasteiger partial charge in [-0.1, -0.05) is 18.2 Å². The van der Waals surface area contributed by atoms with Crippen molar-refractivity contribution < 1.29 is 4.55 Å². The van der Waals surface area contributed by atoms with Crippen LogP contribution in [0.25, 0.3) is 0 Å². The summed E-state index contributed by atoms with van der Waals surface area (Å²) in [6, 6.07) is 7.59. The fourth-order valence-electron chi connectivity index (χ4n) is 0.736. The van der Waals surface area contributed by atoms with Gasteiger partial charge >= 0.3 is 0 Å². The van der Waals surface area contributed by atoms with Gasteiger partial charge in [0.1, 0.15) is 0 Å². The van der Waals surface area contributed by atoms with Crippen LogP contribution < -0.4 is 0 Å². The van der Waals surface area contributed by atoms with Crippen molar-refractivity contribution in [1.29, 1.82) is 0 Å². The molecule has 0 saturated carbocycles. The van der Waals surface area contributed by atoms with Gasteiger partial charge in [0.25, 0.3) is 0 Å². The molecule has 0 amide bonds. The van der Waals surface area contributed by atoms with Crippen molar-refractivity contribution in [2.75, 3.05) is 0 Å². The van der Waals surface area contributed by atoms with Crippen LogP contribution in [-0.4, -0.2) is 4.55 Å². The molecule has 0 bridgehead atoms. The molecule has 0 aliphatic carbocycles. The Balaban J connectivity index is 3.03. The smallest absolute Gasteiger partial charge is 0.237 e. The molecule has 0 heterocycles. The number of hydrogen-bond acceptors (Lipinski definition) is 1. The lowest BCUT2D eigenvalue weighted by molar-refractivity contribution is 0.610. The van der Waals surface area contributed by atoms with Crippen LogP contribution in [0.3, 0.4) is 0 Å². The van der Waals surface area contributed by atoms with Gasteiger partial charge in [-0.15, -0.1) is 0 Å². The molecule has 0 spiro atoms. The molecule has 1 nitrogen and oxygen atoms in total. The monoisotopic (exact) mass is 218 g/mol. The predicted octanol–water partition coefficient (Wildman–Crippen LogP) is 2.41. The van der Waals surface area contributed by atoms with Gasteiger partial charge in [0.2, 0.25) is 14.8 Å². The summed E-state index contributed by atoms with van der Waals surface area (Å²) in [5, 5.41) is 0. The maximum atomic E-state index is 10.9. The van der Waals surface area contributed by atoms with E-state index in [1.54, 1.807) is 0 Å². The summed E-state index contributed by atoms with van der Waals surface area (Å²) in [4.78, 5) is 0.850. The lowest BCUT2D eigenvalue weighted by Crippen LogP contribution is -1.92. The molecule has 3 heteroatoms. The van der Waals surface area contributed by atoms with Crippen molar-refractivity contribution in [3.05, 3.63) is 29.8 Å². The van der Waals surface area contributed by atoms with Crippen molar-refractivity contribution >= 4 is 24.4 Å². The first-order valence-electron chi connectivity index (χ1n) is 2.85. The zero-order valence-electron chi connectivity index (χ0n) is 5.50. The van der Waals surface area contributed by atoms with Crippen LogP contribution in [0, 0.1) is 6.92 Å². The van der Waals surface area contributed by atoms with Gasteiger partial charge in [0, 0.05) is 5.56 Å². The first kappa shape index (κ1) is 8.11. The molecule has 1 atom stereocenters. The average molecular weight is 219 g/mol. The molecule has 54 valence electrons. The summed E-state index contributed by atoms with van der Waals surface area (Å²) < 4.78 is 10.9. The minimum Gasteiger partial charge on any atom is -0.601 e. The number of benzene rings is 1. The first-order valence-corrected chi connectivity index (χ1v) is 5.85. The molecule has 0 aromatic heterocycles. The van der Waals surface area contributed by atoms with Crippen molar-refractivity contribution in [2.45, 2.75) is 11.8 Å². The maximum Gasteiger partial charge on any atom is 0.237 e. The molecule has 0 aliphatic heterocycles. The number of hydrogen-bond donors (Lipinski definition) is 0. The highest BCUT2D eigenvalue weighted by Gasteiger charge is 2.08. The predicted molar refractivity (Wildman–Crippen MR) is 46.5 cm³/mol. The van der Waals surface area contributed by atoms with Crippen molar-refractivity contribution in [2.24, 2.45) is 0 Å². The van der Waals surface area contributed by atoms with Gasteiger partial charge in [0.05, 0.1) is 9.61 Å². The highest BCUT2D eigenvalue weighted by Crippen LogP contribution is 2.19. The summed E-state index contributed by atoms with van der Waals surface area (Å²) in [6.07, 6.45) is 0. The second-order valence-corrected chi connectivity index (χ2v) is 4.64. The van der Waals surface area contributed by atoms with Crippen LogP contribution >= 0.6 is 14.8 Å². The standard InChI is InChI=1S/C7H7BrOS/c1-6-4-2-3-5-7(6)10(8)9/h2-5H,1H3. The van der Waals surface area contributed by atoms with Gasteiger partial charge < -0.3 is 4.55 Å². The van der Waals surface area contributed by atoms with Gasteiger partial charge in [-0.3, -0.25) is 0 Å². The van der Waals surface area contributed by atoms with Gasteiger partial charge in [-0.2, -0.15) is 0 Å². The van der Waals surface area contributed by atoms with Crippen LogP contribution in [-0.2, 0) is 9.61 Å². The van der Waals surface area contributed by atoms with Crippen LogP contribution in [0.15, 0.2) is 29.2 Å². The van der Waals surface area contributed by atoms with E-state index in [1.807, 2.05) is 31.2 Å². The third-order valence-corrected chi connectivity index (χ3v) is 3.12.